The lowest BCUT2D eigenvalue weighted by atomic mass is 10.1. The lowest BCUT2D eigenvalue weighted by Gasteiger charge is -2.19. The molecule has 1 amide bonds. The molecule has 0 aliphatic heterocycles. The van der Waals surface area contributed by atoms with Crippen LogP contribution in [0.25, 0.3) is 0 Å². The number of nitrogens with zero attached hydrogens (tertiary/aromatic N) is 1. The normalized spacial score (nSPS) is 9.80. The van der Waals surface area contributed by atoms with Gasteiger partial charge in [-0.3, -0.25) is 4.79 Å². The summed E-state index contributed by atoms with van der Waals surface area (Å²) in [5.41, 5.74) is 1.19. The van der Waals surface area contributed by atoms with Crippen LogP contribution in [0.5, 0.6) is 0 Å². The third kappa shape index (κ3) is 4.72. The third-order valence-electron chi connectivity index (χ3n) is 2.88. The van der Waals surface area contributed by atoms with Crippen LogP contribution in [0, 0.1) is 0 Å². The minimum absolute atomic E-state index is 0.0344. The number of aryl methyl sites for hydroxylation is 1. The van der Waals surface area contributed by atoms with Gasteiger partial charge in [-0.15, -0.1) is 13.2 Å². The highest BCUT2D eigenvalue weighted by Gasteiger charge is 2.10. The summed E-state index contributed by atoms with van der Waals surface area (Å²) in [6, 6.07) is 6.57. The number of amides is 1. The molecule has 20 heavy (non-hydrogen) atoms. The molecule has 0 unspecified atom stereocenters. The zero-order valence-electron chi connectivity index (χ0n) is 11.4. The molecule has 1 N–H and O–H groups in total. The van der Waals surface area contributed by atoms with Gasteiger partial charge in [-0.1, -0.05) is 24.3 Å². The van der Waals surface area contributed by atoms with Crippen LogP contribution in [0.15, 0.2) is 49.6 Å². The van der Waals surface area contributed by atoms with Gasteiger partial charge in [0.15, 0.2) is 0 Å². The molecule has 0 spiro atoms. The molecule has 1 aromatic carbocycles. The Balaban J connectivity index is 2.56. The van der Waals surface area contributed by atoms with Gasteiger partial charge in [0.1, 0.15) is 0 Å². The molecule has 4 nitrogen and oxygen atoms in total. The first-order valence-electron chi connectivity index (χ1n) is 6.40. The van der Waals surface area contributed by atoms with E-state index in [2.05, 4.69) is 13.2 Å². The van der Waals surface area contributed by atoms with Gasteiger partial charge in [0, 0.05) is 19.5 Å². The molecule has 0 atom stereocenters. The highest BCUT2D eigenvalue weighted by Crippen LogP contribution is 2.08. The standard InChI is InChI=1S/C16H19NO3/c1-3-11-17(12-4-2)15(18)10-7-13-5-8-14(9-6-13)16(19)20/h3-6,8-9H,1-2,7,10-12H2,(H,19,20). The summed E-state index contributed by atoms with van der Waals surface area (Å²) in [5.74, 6) is -0.914. The zero-order chi connectivity index (χ0) is 15.0. The summed E-state index contributed by atoms with van der Waals surface area (Å²) in [6.07, 6.45) is 4.34. The fourth-order valence-electron chi connectivity index (χ4n) is 1.81. The maximum Gasteiger partial charge on any atom is 0.335 e. The smallest absolute Gasteiger partial charge is 0.335 e. The number of aromatic carboxylic acids is 1. The average Bonchev–Trinajstić information content (AvgIpc) is 2.45. The van der Waals surface area contributed by atoms with Crippen LogP contribution in [0.4, 0.5) is 0 Å². The molecule has 0 aromatic heterocycles. The van der Waals surface area contributed by atoms with Crippen LogP contribution in [0.2, 0.25) is 0 Å². The van der Waals surface area contributed by atoms with Gasteiger partial charge in [0.05, 0.1) is 5.56 Å². The summed E-state index contributed by atoms with van der Waals surface area (Å²) in [4.78, 5) is 24.4. The second-order valence-corrected chi connectivity index (χ2v) is 4.38. The van der Waals surface area contributed by atoms with Crippen molar-refractivity contribution in [2.45, 2.75) is 12.8 Å². The van der Waals surface area contributed by atoms with Gasteiger partial charge >= 0.3 is 5.97 Å². The number of rotatable bonds is 8. The van der Waals surface area contributed by atoms with Gasteiger partial charge in [-0.25, -0.2) is 4.79 Å². The van der Waals surface area contributed by atoms with E-state index in [4.69, 9.17) is 5.11 Å². The number of carbonyl (C=O) groups is 2. The SMILES string of the molecule is C=CCN(CC=C)C(=O)CCc1ccc(C(=O)O)cc1. The van der Waals surface area contributed by atoms with Crippen molar-refractivity contribution in [3.63, 3.8) is 0 Å². The summed E-state index contributed by atoms with van der Waals surface area (Å²) in [5, 5.41) is 8.81. The first-order valence-corrected chi connectivity index (χ1v) is 6.40. The first kappa shape index (κ1) is 15.7. The molecule has 0 aliphatic rings. The molecule has 0 saturated heterocycles. The Morgan fingerprint density at radius 3 is 2.10 bits per heavy atom. The lowest BCUT2D eigenvalue weighted by Crippen LogP contribution is -2.31. The van der Waals surface area contributed by atoms with Crippen molar-refractivity contribution < 1.29 is 14.7 Å². The minimum atomic E-state index is -0.948. The first-order chi connectivity index (χ1) is 9.58. The summed E-state index contributed by atoms with van der Waals surface area (Å²) < 4.78 is 0. The molecule has 0 heterocycles. The van der Waals surface area contributed by atoms with Crippen molar-refractivity contribution in [1.82, 2.24) is 4.90 Å². The van der Waals surface area contributed by atoms with E-state index >= 15 is 0 Å². The maximum absolute atomic E-state index is 12.0. The summed E-state index contributed by atoms with van der Waals surface area (Å²) in [6.45, 7) is 8.26. The Bertz CT molecular complexity index is 481. The fourth-order valence-corrected chi connectivity index (χ4v) is 1.81. The van der Waals surface area contributed by atoms with Crippen LogP contribution >= 0.6 is 0 Å². The number of carboxylic acid groups (broad SMARTS) is 1. The molecule has 0 bridgehead atoms. The van der Waals surface area contributed by atoms with Crippen molar-refractivity contribution in [2.75, 3.05) is 13.1 Å². The number of hydrogen-bond acceptors (Lipinski definition) is 2. The summed E-state index contributed by atoms with van der Waals surface area (Å²) in [7, 11) is 0. The molecule has 0 saturated carbocycles. The van der Waals surface area contributed by atoms with Gasteiger partial charge in [0.2, 0.25) is 5.91 Å². The highest BCUT2D eigenvalue weighted by atomic mass is 16.4. The predicted octanol–water partition coefficient (Wildman–Crippen LogP) is 2.52. The molecule has 1 aromatic rings. The van der Waals surface area contributed by atoms with E-state index in [-0.39, 0.29) is 11.5 Å². The van der Waals surface area contributed by atoms with E-state index in [1.807, 2.05) is 0 Å². The Morgan fingerprint density at radius 1 is 1.10 bits per heavy atom. The molecule has 0 radical (unpaired) electrons. The van der Waals surface area contributed by atoms with Crippen LogP contribution in [-0.4, -0.2) is 35.0 Å². The van der Waals surface area contributed by atoms with E-state index in [1.165, 1.54) is 0 Å². The largest absolute Gasteiger partial charge is 0.478 e. The van der Waals surface area contributed by atoms with E-state index < -0.39 is 5.97 Å². The zero-order valence-corrected chi connectivity index (χ0v) is 11.4. The van der Waals surface area contributed by atoms with Crippen molar-refractivity contribution >= 4 is 11.9 Å². The minimum Gasteiger partial charge on any atom is -0.478 e. The monoisotopic (exact) mass is 273 g/mol. The number of carbonyl (C=O) groups excluding carboxylic acids is 1. The number of hydrogen-bond donors (Lipinski definition) is 1. The van der Waals surface area contributed by atoms with Crippen LogP contribution in [0.1, 0.15) is 22.3 Å². The Morgan fingerprint density at radius 2 is 1.65 bits per heavy atom. The molecule has 4 heteroatoms. The van der Waals surface area contributed by atoms with Crippen LogP contribution in [-0.2, 0) is 11.2 Å². The molecular formula is C16H19NO3. The van der Waals surface area contributed by atoms with Crippen molar-refractivity contribution in [1.29, 1.82) is 0 Å². The van der Waals surface area contributed by atoms with E-state index in [0.717, 1.165) is 5.56 Å². The van der Waals surface area contributed by atoms with E-state index in [0.29, 0.717) is 25.9 Å². The molecular weight excluding hydrogens is 254 g/mol. The second kappa shape index (κ2) is 7.94. The average molecular weight is 273 g/mol. The Kier molecular flexibility index (Phi) is 6.23. The van der Waals surface area contributed by atoms with Crippen molar-refractivity contribution in [2.24, 2.45) is 0 Å². The predicted molar refractivity (Wildman–Crippen MR) is 78.7 cm³/mol. The van der Waals surface area contributed by atoms with Crippen LogP contribution in [0.3, 0.4) is 0 Å². The number of carboxylic acids is 1. The lowest BCUT2D eigenvalue weighted by molar-refractivity contribution is -0.130. The number of benzene rings is 1. The fraction of sp³-hybridized carbons (Fsp3) is 0.250. The van der Waals surface area contributed by atoms with Crippen molar-refractivity contribution in [3.05, 3.63) is 60.7 Å². The summed E-state index contributed by atoms with van der Waals surface area (Å²) >= 11 is 0. The van der Waals surface area contributed by atoms with Crippen molar-refractivity contribution in [3.8, 4) is 0 Å². The van der Waals surface area contributed by atoms with Gasteiger partial charge in [0.25, 0.3) is 0 Å². The highest BCUT2D eigenvalue weighted by molar-refractivity contribution is 5.87. The molecule has 106 valence electrons. The van der Waals surface area contributed by atoms with E-state index in [1.54, 1.807) is 41.3 Å². The molecule has 1 rings (SSSR count). The van der Waals surface area contributed by atoms with Crippen LogP contribution < -0.4 is 0 Å². The van der Waals surface area contributed by atoms with Gasteiger partial charge < -0.3 is 10.0 Å². The van der Waals surface area contributed by atoms with E-state index in [9.17, 15) is 9.59 Å². The van der Waals surface area contributed by atoms with Gasteiger partial charge in [-0.05, 0) is 24.1 Å². The Labute approximate surface area is 119 Å². The van der Waals surface area contributed by atoms with Gasteiger partial charge in [-0.2, -0.15) is 0 Å². The quantitative estimate of drug-likeness (QED) is 0.740. The maximum atomic E-state index is 12.0. The Hall–Kier alpha value is -2.36. The molecule has 0 aliphatic carbocycles. The third-order valence-corrected chi connectivity index (χ3v) is 2.88. The molecule has 0 fully saturated rings. The topological polar surface area (TPSA) is 57.6 Å². The second-order valence-electron chi connectivity index (χ2n) is 4.38.